The van der Waals surface area contributed by atoms with Crippen LogP contribution in [0.2, 0.25) is 0 Å². The molecule has 1 fully saturated rings. The Bertz CT molecular complexity index is 422. The van der Waals surface area contributed by atoms with E-state index in [-0.39, 0.29) is 6.10 Å². The Labute approximate surface area is 115 Å². The van der Waals surface area contributed by atoms with E-state index in [1.807, 2.05) is 13.0 Å². The van der Waals surface area contributed by atoms with E-state index in [1.54, 1.807) is 0 Å². The van der Waals surface area contributed by atoms with Gasteiger partial charge in [0.2, 0.25) is 0 Å². The van der Waals surface area contributed by atoms with Gasteiger partial charge in [-0.3, -0.25) is 4.90 Å². The molecule has 1 saturated heterocycles. The third-order valence-corrected chi connectivity index (χ3v) is 3.44. The van der Waals surface area contributed by atoms with E-state index in [1.165, 1.54) is 0 Å². The topological polar surface area (TPSA) is 64.3 Å². The highest BCUT2D eigenvalue weighted by Gasteiger charge is 2.25. The third-order valence-electron chi connectivity index (χ3n) is 3.44. The van der Waals surface area contributed by atoms with Gasteiger partial charge in [0.1, 0.15) is 6.10 Å². The van der Waals surface area contributed by atoms with Gasteiger partial charge in [-0.05, 0) is 33.4 Å². The van der Waals surface area contributed by atoms with Crippen LogP contribution in [-0.2, 0) is 11.2 Å². The van der Waals surface area contributed by atoms with Crippen LogP contribution < -0.4 is 5.73 Å². The van der Waals surface area contributed by atoms with Crippen molar-refractivity contribution in [1.82, 2.24) is 14.9 Å². The van der Waals surface area contributed by atoms with Gasteiger partial charge in [-0.2, -0.15) is 0 Å². The molecule has 0 spiro atoms. The number of hydrogen-bond acceptors (Lipinski definition) is 5. The summed E-state index contributed by atoms with van der Waals surface area (Å²) in [4.78, 5) is 11.5. The normalized spacial score (nSPS) is 21.0. The Kier molecular flexibility index (Phi) is 4.85. The van der Waals surface area contributed by atoms with Crippen molar-refractivity contribution < 1.29 is 4.74 Å². The maximum absolute atomic E-state index is 5.83. The molecule has 5 nitrogen and oxygen atoms in total. The lowest BCUT2D eigenvalue weighted by molar-refractivity contribution is -0.0444. The van der Waals surface area contributed by atoms with Crippen LogP contribution in [-0.4, -0.2) is 47.2 Å². The standard InChI is InChI=1S/C14H24N4O/c1-10(2)18-6-7-19-13(9-18)14-16-11(3)8-12(17-14)4-5-15/h8,10,13H,4-7,9,15H2,1-3H3. The maximum Gasteiger partial charge on any atom is 0.158 e. The van der Waals surface area contributed by atoms with Gasteiger partial charge in [-0.25, -0.2) is 9.97 Å². The van der Waals surface area contributed by atoms with Crippen molar-refractivity contribution in [2.45, 2.75) is 39.3 Å². The smallest absolute Gasteiger partial charge is 0.158 e. The van der Waals surface area contributed by atoms with E-state index in [4.69, 9.17) is 10.5 Å². The first-order valence-electron chi connectivity index (χ1n) is 7.00. The quantitative estimate of drug-likeness (QED) is 0.881. The molecule has 106 valence electrons. The first kappa shape index (κ1) is 14.4. The number of nitrogens with two attached hydrogens (primary N) is 1. The fourth-order valence-electron chi connectivity index (χ4n) is 2.37. The van der Waals surface area contributed by atoms with Gasteiger partial charge < -0.3 is 10.5 Å². The number of aryl methyl sites for hydroxylation is 1. The summed E-state index contributed by atoms with van der Waals surface area (Å²) in [5.74, 6) is 0.800. The summed E-state index contributed by atoms with van der Waals surface area (Å²) in [6.07, 6.45) is 0.768. The molecular weight excluding hydrogens is 240 g/mol. The molecule has 1 aliphatic heterocycles. The molecule has 1 aliphatic rings. The SMILES string of the molecule is Cc1cc(CCN)nc(C2CN(C(C)C)CCO2)n1. The molecular formula is C14H24N4O. The Hall–Kier alpha value is -1.04. The second kappa shape index (κ2) is 6.41. The van der Waals surface area contributed by atoms with Crippen LogP contribution in [0.25, 0.3) is 0 Å². The van der Waals surface area contributed by atoms with Crippen molar-refractivity contribution in [2.75, 3.05) is 26.2 Å². The zero-order chi connectivity index (χ0) is 13.8. The van der Waals surface area contributed by atoms with Crippen LogP contribution in [0.3, 0.4) is 0 Å². The van der Waals surface area contributed by atoms with Crippen molar-refractivity contribution in [3.05, 3.63) is 23.3 Å². The Balaban J connectivity index is 2.16. The van der Waals surface area contributed by atoms with Crippen molar-refractivity contribution in [3.63, 3.8) is 0 Å². The van der Waals surface area contributed by atoms with Gasteiger partial charge in [0, 0.05) is 36.9 Å². The Morgan fingerprint density at radius 1 is 1.47 bits per heavy atom. The van der Waals surface area contributed by atoms with Crippen molar-refractivity contribution >= 4 is 0 Å². The minimum Gasteiger partial charge on any atom is -0.368 e. The summed E-state index contributed by atoms with van der Waals surface area (Å²) in [7, 11) is 0. The van der Waals surface area contributed by atoms with Gasteiger partial charge >= 0.3 is 0 Å². The summed E-state index contributed by atoms with van der Waals surface area (Å²) < 4.78 is 5.83. The molecule has 1 aromatic heterocycles. The predicted molar refractivity (Wildman–Crippen MR) is 74.9 cm³/mol. The average Bonchev–Trinajstić information content (AvgIpc) is 2.38. The first-order chi connectivity index (χ1) is 9.10. The molecule has 0 radical (unpaired) electrons. The highest BCUT2D eigenvalue weighted by Crippen LogP contribution is 2.21. The van der Waals surface area contributed by atoms with Crippen LogP contribution in [0, 0.1) is 6.92 Å². The molecule has 0 bridgehead atoms. The molecule has 0 aromatic carbocycles. The van der Waals surface area contributed by atoms with E-state index in [0.717, 1.165) is 43.3 Å². The molecule has 2 N–H and O–H groups in total. The van der Waals surface area contributed by atoms with Crippen molar-refractivity contribution in [3.8, 4) is 0 Å². The zero-order valence-electron chi connectivity index (χ0n) is 12.1. The summed E-state index contributed by atoms with van der Waals surface area (Å²) in [6, 6.07) is 2.53. The van der Waals surface area contributed by atoms with Gasteiger partial charge in [-0.15, -0.1) is 0 Å². The van der Waals surface area contributed by atoms with Crippen LogP contribution in [0.4, 0.5) is 0 Å². The molecule has 0 amide bonds. The summed E-state index contributed by atoms with van der Waals surface area (Å²) in [5.41, 5.74) is 7.60. The number of rotatable bonds is 4. The van der Waals surface area contributed by atoms with Crippen LogP contribution >= 0.6 is 0 Å². The van der Waals surface area contributed by atoms with E-state index < -0.39 is 0 Å². The molecule has 1 atom stereocenters. The Morgan fingerprint density at radius 2 is 2.26 bits per heavy atom. The number of nitrogens with zero attached hydrogens (tertiary/aromatic N) is 3. The largest absolute Gasteiger partial charge is 0.368 e. The molecule has 19 heavy (non-hydrogen) atoms. The van der Waals surface area contributed by atoms with Crippen molar-refractivity contribution in [1.29, 1.82) is 0 Å². The predicted octanol–water partition coefficient (Wildman–Crippen LogP) is 1.07. The number of ether oxygens (including phenoxy) is 1. The first-order valence-corrected chi connectivity index (χ1v) is 7.00. The molecule has 1 aromatic rings. The lowest BCUT2D eigenvalue weighted by atomic mass is 10.2. The average molecular weight is 264 g/mol. The van der Waals surface area contributed by atoms with Crippen LogP contribution in [0.15, 0.2) is 6.07 Å². The number of aromatic nitrogens is 2. The maximum atomic E-state index is 5.83. The molecule has 5 heteroatoms. The van der Waals surface area contributed by atoms with Gasteiger partial charge in [0.25, 0.3) is 0 Å². The molecule has 2 heterocycles. The van der Waals surface area contributed by atoms with Crippen LogP contribution in [0.1, 0.15) is 37.2 Å². The summed E-state index contributed by atoms with van der Waals surface area (Å²) in [5, 5.41) is 0. The molecule has 0 aliphatic carbocycles. The van der Waals surface area contributed by atoms with Gasteiger partial charge in [0.15, 0.2) is 5.82 Å². The lowest BCUT2D eigenvalue weighted by Gasteiger charge is -2.34. The highest BCUT2D eigenvalue weighted by atomic mass is 16.5. The lowest BCUT2D eigenvalue weighted by Crippen LogP contribution is -2.42. The fourth-order valence-corrected chi connectivity index (χ4v) is 2.37. The monoisotopic (exact) mass is 264 g/mol. The van der Waals surface area contributed by atoms with Gasteiger partial charge in [0.05, 0.1) is 6.61 Å². The third kappa shape index (κ3) is 3.72. The van der Waals surface area contributed by atoms with Crippen molar-refractivity contribution in [2.24, 2.45) is 5.73 Å². The second-order valence-corrected chi connectivity index (χ2v) is 5.35. The zero-order valence-corrected chi connectivity index (χ0v) is 12.1. The summed E-state index contributed by atoms with van der Waals surface area (Å²) in [6.45, 7) is 9.61. The molecule has 0 saturated carbocycles. The summed E-state index contributed by atoms with van der Waals surface area (Å²) >= 11 is 0. The molecule has 2 rings (SSSR count). The number of hydrogen-bond donors (Lipinski definition) is 1. The van der Waals surface area contributed by atoms with Gasteiger partial charge in [-0.1, -0.05) is 0 Å². The van der Waals surface area contributed by atoms with E-state index in [9.17, 15) is 0 Å². The minimum atomic E-state index is -0.0208. The van der Waals surface area contributed by atoms with E-state index in [2.05, 4.69) is 28.7 Å². The molecule has 1 unspecified atom stereocenters. The fraction of sp³-hybridized carbons (Fsp3) is 0.714. The Morgan fingerprint density at radius 3 is 2.95 bits per heavy atom. The minimum absolute atomic E-state index is 0.0208. The number of morpholine rings is 1. The highest BCUT2D eigenvalue weighted by molar-refractivity contribution is 5.12. The van der Waals surface area contributed by atoms with Crippen LogP contribution in [0.5, 0.6) is 0 Å². The van der Waals surface area contributed by atoms with E-state index >= 15 is 0 Å². The van der Waals surface area contributed by atoms with E-state index in [0.29, 0.717) is 12.6 Å². The second-order valence-electron chi connectivity index (χ2n) is 5.35.